The van der Waals surface area contributed by atoms with Gasteiger partial charge in [0.2, 0.25) is 0 Å². The molecular weight excluding hydrogens is 373 g/mol. The van der Waals surface area contributed by atoms with E-state index in [0.29, 0.717) is 42.2 Å². The van der Waals surface area contributed by atoms with E-state index in [0.717, 1.165) is 6.07 Å². The molecular formula is C19H17F3N4O2. The molecule has 1 atom stereocenters. The van der Waals surface area contributed by atoms with Crippen LogP contribution < -0.4 is 4.90 Å². The predicted octanol–water partition coefficient (Wildman–Crippen LogP) is 3.38. The Bertz CT molecular complexity index is 1050. The van der Waals surface area contributed by atoms with Crippen molar-refractivity contribution in [2.24, 2.45) is 0 Å². The van der Waals surface area contributed by atoms with Crippen molar-refractivity contribution in [3.63, 3.8) is 0 Å². The van der Waals surface area contributed by atoms with E-state index in [-0.39, 0.29) is 11.3 Å². The number of halogens is 3. The van der Waals surface area contributed by atoms with E-state index < -0.39 is 23.1 Å². The van der Waals surface area contributed by atoms with E-state index >= 15 is 0 Å². The molecule has 1 fully saturated rings. The number of alkyl halides is 3. The van der Waals surface area contributed by atoms with E-state index in [2.05, 4.69) is 15.2 Å². The Labute approximate surface area is 158 Å². The molecule has 2 N–H and O–H groups in total. The SMILES string of the molecule is C[C@]1(O)CCN(c2nnc(-c3ccc(C(F)(F)F)cc3O)c3ccncc23)C1. The summed E-state index contributed by atoms with van der Waals surface area (Å²) in [6, 6.07) is 4.43. The van der Waals surface area contributed by atoms with Crippen LogP contribution in [0.4, 0.5) is 19.0 Å². The molecule has 4 rings (SSSR count). The third-order valence-corrected chi connectivity index (χ3v) is 4.89. The maximum atomic E-state index is 12.9. The van der Waals surface area contributed by atoms with E-state index in [1.165, 1.54) is 6.07 Å². The molecule has 3 aromatic rings. The van der Waals surface area contributed by atoms with Gasteiger partial charge in [0.15, 0.2) is 5.82 Å². The van der Waals surface area contributed by atoms with Crippen molar-refractivity contribution >= 4 is 16.6 Å². The lowest BCUT2D eigenvalue weighted by atomic mass is 10.0. The molecule has 9 heteroatoms. The van der Waals surface area contributed by atoms with Gasteiger partial charge in [0, 0.05) is 41.8 Å². The van der Waals surface area contributed by atoms with Crippen LogP contribution in [-0.2, 0) is 6.18 Å². The number of anilines is 1. The minimum absolute atomic E-state index is 0.150. The van der Waals surface area contributed by atoms with Crippen molar-refractivity contribution in [1.82, 2.24) is 15.2 Å². The average Bonchev–Trinajstić information content (AvgIpc) is 3.00. The highest BCUT2D eigenvalue weighted by Gasteiger charge is 2.34. The van der Waals surface area contributed by atoms with Crippen molar-refractivity contribution in [3.05, 3.63) is 42.2 Å². The summed E-state index contributed by atoms with van der Waals surface area (Å²) in [5, 5.41) is 30.1. The zero-order valence-corrected chi connectivity index (χ0v) is 14.9. The number of benzene rings is 1. The Morgan fingerprint density at radius 3 is 2.57 bits per heavy atom. The van der Waals surface area contributed by atoms with Crippen molar-refractivity contribution in [3.8, 4) is 17.0 Å². The molecule has 1 aliphatic heterocycles. The molecule has 0 unspecified atom stereocenters. The molecule has 0 spiro atoms. The number of fused-ring (bicyclic) bond motifs is 1. The number of aliphatic hydroxyl groups is 1. The summed E-state index contributed by atoms with van der Waals surface area (Å²) in [5.41, 5.74) is -1.36. The maximum absolute atomic E-state index is 12.9. The topological polar surface area (TPSA) is 82.4 Å². The van der Waals surface area contributed by atoms with Gasteiger partial charge >= 0.3 is 6.18 Å². The number of nitrogens with zero attached hydrogens (tertiary/aromatic N) is 4. The monoisotopic (exact) mass is 390 g/mol. The molecule has 0 amide bonds. The quantitative estimate of drug-likeness (QED) is 0.698. The summed E-state index contributed by atoms with van der Waals surface area (Å²) in [5.74, 6) is 0.00937. The van der Waals surface area contributed by atoms with Crippen molar-refractivity contribution in [2.45, 2.75) is 25.1 Å². The van der Waals surface area contributed by atoms with Crippen LogP contribution in [0.3, 0.4) is 0 Å². The molecule has 0 radical (unpaired) electrons. The molecule has 2 aromatic heterocycles. The van der Waals surface area contributed by atoms with Gasteiger partial charge in [-0.15, -0.1) is 10.2 Å². The summed E-state index contributed by atoms with van der Waals surface area (Å²) in [7, 11) is 0. The fourth-order valence-electron chi connectivity index (χ4n) is 3.45. The van der Waals surface area contributed by atoms with Gasteiger partial charge in [-0.25, -0.2) is 0 Å². The third-order valence-electron chi connectivity index (χ3n) is 4.89. The Hall–Kier alpha value is -2.94. The average molecular weight is 390 g/mol. The zero-order valence-electron chi connectivity index (χ0n) is 14.9. The summed E-state index contributed by atoms with van der Waals surface area (Å²) < 4.78 is 38.6. The molecule has 0 aliphatic carbocycles. The fraction of sp³-hybridized carbons (Fsp3) is 0.316. The first-order valence-electron chi connectivity index (χ1n) is 8.64. The summed E-state index contributed by atoms with van der Waals surface area (Å²) in [6.45, 7) is 2.72. The second-order valence-corrected chi connectivity index (χ2v) is 7.19. The van der Waals surface area contributed by atoms with E-state index in [1.54, 1.807) is 25.4 Å². The van der Waals surface area contributed by atoms with Gasteiger partial charge in [0.1, 0.15) is 11.4 Å². The first kappa shape index (κ1) is 18.4. The van der Waals surface area contributed by atoms with Crippen molar-refractivity contribution < 1.29 is 23.4 Å². The highest BCUT2D eigenvalue weighted by atomic mass is 19.4. The molecule has 1 aromatic carbocycles. The Morgan fingerprint density at radius 2 is 1.93 bits per heavy atom. The van der Waals surface area contributed by atoms with E-state index in [9.17, 15) is 23.4 Å². The van der Waals surface area contributed by atoms with Gasteiger partial charge < -0.3 is 15.1 Å². The van der Waals surface area contributed by atoms with Gasteiger partial charge in [-0.1, -0.05) is 0 Å². The van der Waals surface area contributed by atoms with Crippen LogP contribution in [0, 0.1) is 0 Å². The van der Waals surface area contributed by atoms with Crippen molar-refractivity contribution in [1.29, 1.82) is 0 Å². The number of hydrogen-bond donors (Lipinski definition) is 2. The third kappa shape index (κ3) is 3.22. The van der Waals surface area contributed by atoms with Gasteiger partial charge in [-0.3, -0.25) is 4.98 Å². The number of β-amino-alcohol motifs (C(OH)–C–C–N with tert-alkyl or cyclic N) is 1. The van der Waals surface area contributed by atoms with Crippen LogP contribution in [0.15, 0.2) is 36.7 Å². The normalized spacial score (nSPS) is 20.1. The fourth-order valence-corrected chi connectivity index (χ4v) is 3.45. The molecule has 6 nitrogen and oxygen atoms in total. The highest BCUT2D eigenvalue weighted by molar-refractivity contribution is 6.00. The van der Waals surface area contributed by atoms with E-state index in [4.69, 9.17) is 0 Å². The largest absolute Gasteiger partial charge is 0.507 e. The van der Waals surface area contributed by atoms with Crippen LogP contribution in [0.25, 0.3) is 22.0 Å². The Morgan fingerprint density at radius 1 is 1.14 bits per heavy atom. The van der Waals surface area contributed by atoms with Crippen molar-refractivity contribution in [2.75, 3.05) is 18.0 Å². The van der Waals surface area contributed by atoms with Gasteiger partial charge in [0.25, 0.3) is 0 Å². The second-order valence-electron chi connectivity index (χ2n) is 7.19. The van der Waals surface area contributed by atoms with E-state index in [1.807, 2.05) is 4.90 Å². The van der Waals surface area contributed by atoms with Crippen LogP contribution in [-0.4, -0.2) is 44.1 Å². The Kier molecular flexibility index (Phi) is 4.15. The summed E-state index contributed by atoms with van der Waals surface area (Å²) in [6.07, 6.45) is -0.836. The molecule has 28 heavy (non-hydrogen) atoms. The lowest BCUT2D eigenvalue weighted by Crippen LogP contribution is -2.30. The smallest absolute Gasteiger partial charge is 0.416 e. The predicted molar refractivity (Wildman–Crippen MR) is 96.9 cm³/mol. The minimum atomic E-state index is -4.55. The van der Waals surface area contributed by atoms with Crippen LogP contribution in [0.5, 0.6) is 5.75 Å². The number of rotatable bonds is 2. The van der Waals surface area contributed by atoms with Crippen LogP contribution >= 0.6 is 0 Å². The molecule has 1 aliphatic rings. The number of hydrogen-bond acceptors (Lipinski definition) is 6. The molecule has 146 valence electrons. The number of pyridine rings is 1. The van der Waals surface area contributed by atoms with Crippen LogP contribution in [0.1, 0.15) is 18.9 Å². The lowest BCUT2D eigenvalue weighted by molar-refractivity contribution is -0.137. The zero-order chi connectivity index (χ0) is 20.1. The number of aromatic nitrogens is 3. The Balaban J connectivity index is 1.83. The standard InChI is InChI=1S/C19H17F3N4O2/c1-18(28)5-7-26(10-18)17-14-9-23-6-4-12(14)16(24-25-17)13-3-2-11(8-15(13)27)19(20,21)22/h2-4,6,8-9,27-28H,5,7,10H2,1H3/t18-/m0/s1. The maximum Gasteiger partial charge on any atom is 0.416 e. The molecule has 3 heterocycles. The first-order valence-corrected chi connectivity index (χ1v) is 8.64. The first-order chi connectivity index (χ1) is 13.2. The highest BCUT2D eigenvalue weighted by Crippen LogP contribution is 2.39. The van der Waals surface area contributed by atoms with Crippen LogP contribution in [0.2, 0.25) is 0 Å². The minimum Gasteiger partial charge on any atom is -0.507 e. The molecule has 1 saturated heterocycles. The molecule has 0 saturated carbocycles. The number of phenols is 1. The van der Waals surface area contributed by atoms with Gasteiger partial charge in [-0.05, 0) is 37.6 Å². The number of phenolic OH excluding ortho intramolecular Hbond substituents is 1. The second kappa shape index (κ2) is 6.30. The summed E-state index contributed by atoms with van der Waals surface area (Å²) >= 11 is 0. The molecule has 0 bridgehead atoms. The van der Waals surface area contributed by atoms with Gasteiger partial charge in [-0.2, -0.15) is 13.2 Å². The van der Waals surface area contributed by atoms with Gasteiger partial charge in [0.05, 0.1) is 11.2 Å². The lowest BCUT2D eigenvalue weighted by Gasteiger charge is -2.21. The summed E-state index contributed by atoms with van der Waals surface area (Å²) in [4.78, 5) is 6.01. The number of aromatic hydroxyl groups is 1.